The minimum atomic E-state index is -3.64. The van der Waals surface area contributed by atoms with Crippen molar-refractivity contribution in [2.24, 2.45) is 0 Å². The first-order valence-corrected chi connectivity index (χ1v) is 8.79. The van der Waals surface area contributed by atoms with Crippen molar-refractivity contribution >= 4 is 20.9 Å². The van der Waals surface area contributed by atoms with Crippen molar-refractivity contribution in [1.82, 2.24) is 13.9 Å². The fourth-order valence-electron chi connectivity index (χ4n) is 2.70. The maximum atomic E-state index is 12.9. The molecule has 0 radical (unpaired) electrons. The maximum Gasteiger partial charge on any atom is 0.268 e. The lowest BCUT2D eigenvalue weighted by molar-refractivity contribution is 0.589. The van der Waals surface area contributed by atoms with E-state index in [0.717, 1.165) is 16.6 Å². The van der Waals surface area contributed by atoms with Crippen LogP contribution in [0.4, 0.5) is 0 Å². The molecule has 0 aliphatic heterocycles. The van der Waals surface area contributed by atoms with E-state index in [2.05, 4.69) is 9.97 Å². The number of benzene rings is 1. The highest BCUT2D eigenvalue weighted by Crippen LogP contribution is 2.29. The first-order valence-electron chi connectivity index (χ1n) is 7.35. The van der Waals surface area contributed by atoms with Gasteiger partial charge in [-0.1, -0.05) is 18.2 Å². The van der Waals surface area contributed by atoms with Gasteiger partial charge in [-0.25, -0.2) is 12.4 Å². The van der Waals surface area contributed by atoms with Crippen LogP contribution in [0.5, 0.6) is 0 Å². The van der Waals surface area contributed by atoms with E-state index in [4.69, 9.17) is 0 Å². The Morgan fingerprint density at radius 3 is 2.33 bits per heavy atom. The smallest absolute Gasteiger partial charge is 0.265 e. The highest BCUT2D eigenvalue weighted by atomic mass is 32.2. The zero-order valence-corrected chi connectivity index (χ0v) is 13.4. The molecule has 0 saturated heterocycles. The number of nitrogens with zero attached hydrogens (tertiary/aromatic N) is 3. The molecule has 0 aliphatic carbocycles. The molecule has 0 aliphatic rings. The van der Waals surface area contributed by atoms with Gasteiger partial charge in [0.15, 0.2) is 0 Å². The Morgan fingerprint density at radius 1 is 0.833 bits per heavy atom. The summed E-state index contributed by atoms with van der Waals surface area (Å²) in [6.45, 7) is 0. The van der Waals surface area contributed by atoms with Gasteiger partial charge in [-0.2, -0.15) is 0 Å². The van der Waals surface area contributed by atoms with Gasteiger partial charge in [-0.05, 0) is 36.4 Å². The molecule has 0 fully saturated rings. The summed E-state index contributed by atoms with van der Waals surface area (Å²) in [5, 5.41) is 0.781. The average Bonchev–Trinajstić information content (AvgIpc) is 3.08. The summed E-state index contributed by atoms with van der Waals surface area (Å²) in [6, 6.07) is 15.6. The zero-order chi connectivity index (χ0) is 16.6. The Morgan fingerprint density at radius 2 is 1.58 bits per heavy atom. The molecule has 6 heteroatoms. The van der Waals surface area contributed by atoms with Gasteiger partial charge in [0.25, 0.3) is 10.0 Å². The van der Waals surface area contributed by atoms with Crippen LogP contribution < -0.4 is 0 Å². The molecular formula is C18H13N3O2S. The molecule has 118 valence electrons. The highest BCUT2D eigenvalue weighted by molar-refractivity contribution is 7.90. The van der Waals surface area contributed by atoms with Gasteiger partial charge in [0.05, 0.1) is 16.1 Å². The van der Waals surface area contributed by atoms with E-state index in [1.807, 2.05) is 12.1 Å². The van der Waals surface area contributed by atoms with Gasteiger partial charge < -0.3 is 0 Å². The molecule has 0 N–H and O–H groups in total. The summed E-state index contributed by atoms with van der Waals surface area (Å²) in [6.07, 6.45) is 6.57. The molecule has 1 aromatic carbocycles. The quantitative estimate of drug-likeness (QED) is 0.576. The van der Waals surface area contributed by atoms with Crippen LogP contribution in [0.3, 0.4) is 0 Å². The summed E-state index contributed by atoms with van der Waals surface area (Å²) in [4.78, 5) is 8.67. The van der Waals surface area contributed by atoms with Crippen molar-refractivity contribution in [3.05, 3.63) is 79.4 Å². The van der Waals surface area contributed by atoms with Crippen LogP contribution in [0.25, 0.3) is 22.2 Å². The Bertz CT molecular complexity index is 1100. The monoisotopic (exact) mass is 335 g/mol. The minimum Gasteiger partial charge on any atom is -0.265 e. The van der Waals surface area contributed by atoms with Crippen molar-refractivity contribution in [3.8, 4) is 11.3 Å². The van der Waals surface area contributed by atoms with Crippen molar-refractivity contribution in [2.45, 2.75) is 4.90 Å². The van der Waals surface area contributed by atoms with Gasteiger partial charge in [-0.15, -0.1) is 0 Å². The number of pyridine rings is 2. The topological polar surface area (TPSA) is 64.8 Å². The first kappa shape index (κ1) is 14.6. The van der Waals surface area contributed by atoms with Crippen LogP contribution >= 0.6 is 0 Å². The molecular weight excluding hydrogens is 322 g/mol. The third-order valence-corrected chi connectivity index (χ3v) is 5.54. The molecule has 5 nitrogen and oxygen atoms in total. The minimum absolute atomic E-state index is 0.254. The zero-order valence-electron chi connectivity index (χ0n) is 12.6. The molecule has 0 atom stereocenters. The summed E-state index contributed by atoms with van der Waals surface area (Å²) < 4.78 is 27.1. The number of aromatic nitrogens is 3. The van der Waals surface area contributed by atoms with E-state index in [1.165, 1.54) is 3.97 Å². The van der Waals surface area contributed by atoms with Crippen molar-refractivity contribution in [1.29, 1.82) is 0 Å². The third kappa shape index (κ3) is 2.28. The van der Waals surface area contributed by atoms with Gasteiger partial charge in [0.1, 0.15) is 0 Å². The van der Waals surface area contributed by atoms with Crippen LogP contribution in [-0.4, -0.2) is 22.4 Å². The summed E-state index contributed by atoms with van der Waals surface area (Å²) in [5.74, 6) is 0. The SMILES string of the molecule is O=S(=O)(c1ccccc1)n1ccc2c(-c3ccncc3)nccc21. The van der Waals surface area contributed by atoms with Crippen molar-refractivity contribution in [3.63, 3.8) is 0 Å². The van der Waals surface area contributed by atoms with Crippen LogP contribution in [0.2, 0.25) is 0 Å². The van der Waals surface area contributed by atoms with Gasteiger partial charge in [-0.3, -0.25) is 9.97 Å². The second-order valence-corrected chi connectivity index (χ2v) is 7.07. The summed E-state index contributed by atoms with van der Waals surface area (Å²) >= 11 is 0. The standard InChI is InChI=1S/C18H13N3O2S/c22-24(23,15-4-2-1-3-5-15)21-13-9-16-17(21)8-12-20-18(16)14-6-10-19-11-7-14/h1-13H. The summed E-state index contributed by atoms with van der Waals surface area (Å²) in [7, 11) is -3.64. The van der Waals surface area contributed by atoms with Crippen LogP contribution in [-0.2, 0) is 10.0 Å². The molecule has 0 bridgehead atoms. The largest absolute Gasteiger partial charge is 0.268 e. The molecule has 3 aromatic heterocycles. The molecule has 4 aromatic rings. The fraction of sp³-hybridized carbons (Fsp3) is 0. The van der Waals surface area contributed by atoms with Crippen molar-refractivity contribution < 1.29 is 8.42 Å². The number of fused-ring (bicyclic) bond motifs is 1. The molecule has 0 amide bonds. The van der Waals surface area contributed by atoms with E-state index in [-0.39, 0.29) is 4.90 Å². The first-order chi connectivity index (χ1) is 11.7. The molecule has 0 unspecified atom stereocenters. The normalized spacial score (nSPS) is 11.7. The molecule has 0 spiro atoms. The van der Waals surface area contributed by atoms with Gasteiger partial charge in [0.2, 0.25) is 0 Å². The van der Waals surface area contributed by atoms with E-state index in [1.54, 1.807) is 67.3 Å². The number of hydrogen-bond donors (Lipinski definition) is 0. The van der Waals surface area contributed by atoms with Crippen LogP contribution in [0.15, 0.2) is 84.3 Å². The lowest BCUT2D eigenvalue weighted by Gasteiger charge is -2.08. The lowest BCUT2D eigenvalue weighted by Crippen LogP contribution is -2.11. The fourth-order valence-corrected chi connectivity index (χ4v) is 4.06. The molecule has 4 rings (SSSR count). The highest BCUT2D eigenvalue weighted by Gasteiger charge is 2.19. The average molecular weight is 335 g/mol. The van der Waals surface area contributed by atoms with E-state index < -0.39 is 10.0 Å². The summed E-state index contributed by atoms with van der Waals surface area (Å²) in [5.41, 5.74) is 2.23. The Hall–Kier alpha value is -2.99. The molecule has 0 saturated carbocycles. The molecule has 3 heterocycles. The third-order valence-electron chi connectivity index (χ3n) is 3.83. The molecule has 24 heavy (non-hydrogen) atoms. The predicted molar refractivity (Wildman–Crippen MR) is 92.0 cm³/mol. The van der Waals surface area contributed by atoms with Crippen molar-refractivity contribution in [2.75, 3.05) is 0 Å². The maximum absolute atomic E-state index is 12.9. The lowest BCUT2D eigenvalue weighted by atomic mass is 10.1. The van der Waals surface area contributed by atoms with Gasteiger partial charge >= 0.3 is 0 Å². The van der Waals surface area contributed by atoms with E-state index in [9.17, 15) is 8.42 Å². The van der Waals surface area contributed by atoms with E-state index in [0.29, 0.717) is 5.52 Å². The Labute approximate surface area is 139 Å². The second kappa shape index (κ2) is 5.58. The van der Waals surface area contributed by atoms with Gasteiger partial charge in [0, 0.05) is 35.7 Å². The Kier molecular flexibility index (Phi) is 3.39. The second-order valence-electron chi connectivity index (χ2n) is 5.26. The van der Waals surface area contributed by atoms with Crippen LogP contribution in [0, 0.1) is 0 Å². The van der Waals surface area contributed by atoms with Crippen LogP contribution in [0.1, 0.15) is 0 Å². The predicted octanol–water partition coefficient (Wildman–Crippen LogP) is 3.34. The Balaban J connectivity index is 1.94. The number of rotatable bonds is 3. The number of hydrogen-bond acceptors (Lipinski definition) is 4. The van der Waals surface area contributed by atoms with E-state index >= 15 is 0 Å².